The van der Waals surface area contributed by atoms with Crippen molar-refractivity contribution in [2.45, 2.75) is 19.9 Å². The molecule has 1 heterocycles. The van der Waals surface area contributed by atoms with Gasteiger partial charge >= 0.3 is 0 Å². The number of carbonyl (C=O) groups excluding carboxylic acids is 1. The minimum atomic E-state index is -0.0985. The number of methoxy groups -OCH3 is 2. The molecule has 0 bridgehead atoms. The zero-order valence-electron chi connectivity index (χ0n) is 13.0. The van der Waals surface area contributed by atoms with E-state index >= 15 is 0 Å². The molecule has 0 spiro atoms. The summed E-state index contributed by atoms with van der Waals surface area (Å²) in [5.41, 5.74) is 3.73. The summed E-state index contributed by atoms with van der Waals surface area (Å²) in [5, 5.41) is 0. The van der Waals surface area contributed by atoms with Crippen molar-refractivity contribution in [2.75, 3.05) is 39.4 Å². The molecule has 1 aromatic rings. The topological polar surface area (TPSA) is 89.7 Å². The van der Waals surface area contributed by atoms with Crippen molar-refractivity contribution in [2.24, 2.45) is 5.84 Å². The van der Waals surface area contributed by atoms with Gasteiger partial charge in [-0.05, 0) is 26.0 Å². The maximum absolute atomic E-state index is 12.7. The van der Waals surface area contributed by atoms with Crippen LogP contribution in [-0.2, 0) is 9.47 Å². The number of rotatable bonds is 8. The van der Waals surface area contributed by atoms with E-state index in [1.807, 2.05) is 13.8 Å². The number of amides is 1. The van der Waals surface area contributed by atoms with E-state index in [1.165, 1.54) is 0 Å². The number of anilines is 1. The molecule has 0 saturated carbocycles. The average Bonchev–Trinajstić information content (AvgIpc) is 2.47. The fourth-order valence-electron chi connectivity index (χ4n) is 2.07. The van der Waals surface area contributed by atoms with Gasteiger partial charge in [-0.3, -0.25) is 4.79 Å². The minimum absolute atomic E-state index is 0.0552. The molecule has 1 aromatic heterocycles. The van der Waals surface area contributed by atoms with Crippen LogP contribution in [0.5, 0.6) is 0 Å². The Balaban J connectivity index is 3.00. The van der Waals surface area contributed by atoms with Crippen LogP contribution >= 0.6 is 0 Å². The number of carbonyl (C=O) groups is 1. The summed E-state index contributed by atoms with van der Waals surface area (Å²) in [5.74, 6) is 5.74. The summed E-state index contributed by atoms with van der Waals surface area (Å²) in [6.45, 7) is 5.17. The maximum atomic E-state index is 12.7. The quantitative estimate of drug-likeness (QED) is 0.545. The first-order chi connectivity index (χ1) is 10.0. The van der Waals surface area contributed by atoms with Crippen LogP contribution < -0.4 is 11.3 Å². The molecule has 0 radical (unpaired) electrons. The van der Waals surface area contributed by atoms with Gasteiger partial charge in [-0.1, -0.05) is 0 Å². The molecule has 7 nitrogen and oxygen atoms in total. The van der Waals surface area contributed by atoms with E-state index in [4.69, 9.17) is 15.3 Å². The Morgan fingerprint density at radius 2 is 2.14 bits per heavy atom. The summed E-state index contributed by atoms with van der Waals surface area (Å²) in [6.07, 6.45) is 0. The van der Waals surface area contributed by atoms with E-state index in [-0.39, 0.29) is 11.9 Å². The Morgan fingerprint density at radius 1 is 1.43 bits per heavy atom. The number of hydrazine groups is 1. The van der Waals surface area contributed by atoms with E-state index in [1.54, 1.807) is 31.3 Å². The second-order valence-corrected chi connectivity index (χ2v) is 4.82. The van der Waals surface area contributed by atoms with Gasteiger partial charge < -0.3 is 19.8 Å². The van der Waals surface area contributed by atoms with Gasteiger partial charge in [0.05, 0.1) is 19.3 Å². The predicted molar refractivity (Wildman–Crippen MR) is 81.0 cm³/mol. The number of pyridine rings is 1. The first kappa shape index (κ1) is 17.4. The van der Waals surface area contributed by atoms with E-state index in [9.17, 15) is 4.79 Å². The number of nitrogens with one attached hydrogen (secondary N) is 1. The number of nitrogen functional groups attached to an aromatic ring is 1. The molecule has 7 heteroatoms. The van der Waals surface area contributed by atoms with Crippen LogP contribution in [0.1, 0.15) is 23.0 Å². The molecule has 0 aliphatic heterocycles. The van der Waals surface area contributed by atoms with Gasteiger partial charge in [0.25, 0.3) is 5.91 Å². The van der Waals surface area contributed by atoms with Crippen molar-refractivity contribution in [3.05, 3.63) is 23.4 Å². The second kappa shape index (κ2) is 8.56. The van der Waals surface area contributed by atoms with Gasteiger partial charge in [0.1, 0.15) is 5.82 Å². The van der Waals surface area contributed by atoms with Crippen molar-refractivity contribution >= 4 is 11.7 Å². The number of ether oxygens (including phenoxy) is 2. The molecule has 1 unspecified atom stereocenters. The van der Waals surface area contributed by atoms with Crippen LogP contribution in [0.4, 0.5) is 5.82 Å². The molecule has 1 amide bonds. The van der Waals surface area contributed by atoms with Gasteiger partial charge in [0.2, 0.25) is 0 Å². The van der Waals surface area contributed by atoms with Crippen molar-refractivity contribution in [1.82, 2.24) is 9.88 Å². The number of nitrogens with zero attached hydrogens (tertiary/aromatic N) is 2. The van der Waals surface area contributed by atoms with Gasteiger partial charge in [0.15, 0.2) is 0 Å². The molecule has 1 atom stereocenters. The lowest BCUT2D eigenvalue weighted by atomic mass is 10.1. The molecule has 0 aromatic carbocycles. The number of hydrogen-bond acceptors (Lipinski definition) is 6. The van der Waals surface area contributed by atoms with E-state index < -0.39 is 0 Å². The van der Waals surface area contributed by atoms with Gasteiger partial charge in [-0.15, -0.1) is 0 Å². The Labute approximate surface area is 125 Å². The van der Waals surface area contributed by atoms with Crippen molar-refractivity contribution in [3.8, 4) is 0 Å². The zero-order valence-corrected chi connectivity index (χ0v) is 13.0. The number of aromatic nitrogens is 1. The molecule has 1 rings (SSSR count). The standard InChI is InChI=1S/C14H24N4O3/c1-10-7-12(8-13(16-10)17-15)14(19)18(5-6-20-3)11(2)9-21-4/h7-8,11H,5-6,9,15H2,1-4H3,(H,16,17). The molecule has 118 valence electrons. The molecular weight excluding hydrogens is 272 g/mol. The summed E-state index contributed by atoms with van der Waals surface area (Å²) in [4.78, 5) is 18.6. The highest BCUT2D eigenvalue weighted by molar-refractivity contribution is 5.95. The fourth-order valence-corrected chi connectivity index (χ4v) is 2.07. The highest BCUT2D eigenvalue weighted by Crippen LogP contribution is 2.14. The summed E-state index contributed by atoms with van der Waals surface area (Å²) in [6, 6.07) is 3.32. The van der Waals surface area contributed by atoms with Crippen LogP contribution in [-0.4, -0.2) is 55.8 Å². The molecule has 0 aliphatic carbocycles. The molecule has 21 heavy (non-hydrogen) atoms. The van der Waals surface area contributed by atoms with E-state index in [0.717, 1.165) is 5.69 Å². The molecular formula is C14H24N4O3. The highest BCUT2D eigenvalue weighted by atomic mass is 16.5. The summed E-state index contributed by atoms with van der Waals surface area (Å²) in [7, 11) is 3.22. The second-order valence-electron chi connectivity index (χ2n) is 4.82. The zero-order chi connectivity index (χ0) is 15.8. The van der Waals surface area contributed by atoms with Crippen molar-refractivity contribution in [1.29, 1.82) is 0 Å². The lowest BCUT2D eigenvalue weighted by molar-refractivity contribution is 0.0479. The maximum Gasteiger partial charge on any atom is 0.254 e. The van der Waals surface area contributed by atoms with Crippen molar-refractivity contribution < 1.29 is 14.3 Å². The number of aryl methyl sites for hydroxylation is 1. The Hall–Kier alpha value is -1.70. The third kappa shape index (κ3) is 4.96. The fraction of sp³-hybridized carbons (Fsp3) is 0.571. The lowest BCUT2D eigenvalue weighted by Crippen LogP contribution is -2.43. The van der Waals surface area contributed by atoms with Gasteiger partial charge in [-0.2, -0.15) is 0 Å². The third-order valence-electron chi connectivity index (χ3n) is 3.09. The number of nitrogens with two attached hydrogens (primary N) is 1. The molecule has 0 aliphatic rings. The van der Waals surface area contributed by atoms with Crippen LogP contribution in [0.25, 0.3) is 0 Å². The van der Waals surface area contributed by atoms with Crippen LogP contribution in [0, 0.1) is 6.92 Å². The Morgan fingerprint density at radius 3 is 2.71 bits per heavy atom. The summed E-state index contributed by atoms with van der Waals surface area (Å²) >= 11 is 0. The monoisotopic (exact) mass is 296 g/mol. The van der Waals surface area contributed by atoms with Crippen LogP contribution in [0.3, 0.4) is 0 Å². The normalized spacial score (nSPS) is 12.0. The predicted octanol–water partition coefficient (Wildman–Crippen LogP) is 0.799. The van der Waals surface area contributed by atoms with E-state index in [0.29, 0.717) is 31.1 Å². The van der Waals surface area contributed by atoms with E-state index in [2.05, 4.69) is 10.4 Å². The smallest absolute Gasteiger partial charge is 0.254 e. The molecule has 3 N–H and O–H groups in total. The first-order valence-corrected chi connectivity index (χ1v) is 6.77. The molecule has 0 saturated heterocycles. The van der Waals surface area contributed by atoms with Crippen LogP contribution in [0.15, 0.2) is 12.1 Å². The largest absolute Gasteiger partial charge is 0.383 e. The SMILES string of the molecule is COCCN(C(=O)c1cc(C)nc(NN)c1)C(C)COC. The van der Waals surface area contributed by atoms with Crippen LogP contribution in [0.2, 0.25) is 0 Å². The van der Waals surface area contributed by atoms with Gasteiger partial charge in [0, 0.05) is 32.0 Å². The molecule has 0 fully saturated rings. The number of hydrogen-bond donors (Lipinski definition) is 2. The Bertz CT molecular complexity index is 468. The highest BCUT2D eigenvalue weighted by Gasteiger charge is 2.22. The Kier molecular flexibility index (Phi) is 7.07. The average molecular weight is 296 g/mol. The minimum Gasteiger partial charge on any atom is -0.383 e. The van der Waals surface area contributed by atoms with Gasteiger partial charge in [-0.25, -0.2) is 10.8 Å². The summed E-state index contributed by atoms with van der Waals surface area (Å²) < 4.78 is 10.2. The third-order valence-corrected chi connectivity index (χ3v) is 3.09. The van der Waals surface area contributed by atoms with Crippen molar-refractivity contribution in [3.63, 3.8) is 0 Å². The lowest BCUT2D eigenvalue weighted by Gasteiger charge is -2.29. The first-order valence-electron chi connectivity index (χ1n) is 6.77.